The number of pyridine rings is 2. The Morgan fingerprint density at radius 3 is 0.944 bits per heavy atom. The lowest BCUT2D eigenvalue weighted by atomic mass is 9.85. The van der Waals surface area contributed by atoms with Gasteiger partial charge >= 0.3 is 0 Å². The lowest BCUT2D eigenvalue weighted by Crippen LogP contribution is -2.38. The number of rotatable bonds is 11. The summed E-state index contributed by atoms with van der Waals surface area (Å²) in [5.74, 6) is -2.91. The molecular formula is C113H118N12O19. The average molecular weight is 1950 g/mol. The molecule has 0 saturated carbocycles. The standard InChI is InChI=1S/C21H24N2O3.C20H22N2O3.C19H20N2O3.C18H18N2O4.C18H18N2O3.C17H16N2O3/c1-11-9-13(3)23(8-7-21(4,5)6)18-16(11)19(25)15-12(2)10-14(24)22-17(15)20(18)26;1-10-7-12(3)22(9-20(4,5)6)17-15(10)18(24)14-11(2)8-13(23)21-16(14)19(17)25;1-9(2)8-21-12(5)6-10(3)15-17(21)19(24)16-14(18(15)23)11(4)7-13(22)20-16;1-4-5-6-20-12(22)8-10(3)14-16(20)18(24)15-13(17(14)23)9(2)7-11(21)19-15;1-5-6-20-11(4)7-9(2)14-16(20)18(23)15-13(17(14)22)10(3)8-12(21)19-15;1-5-19-10(4)6-8(2)13-15(19)17(22)14-12(16(13)21)9(3)7-11(20)18-14/h9-10,25H,3,7-8H2,1-2,4-6H3;7-8,24H,3,9H2,1-2,4-6H3;6-7,9,23H,5,8H2,1-4H3;7-8H,4-6H2,1-3H3,(H,19,21);7-8,22H,4-6H2,1-3H3;6-7,21H,4-5H2,1-3H3. The smallest absolute Gasteiger partial charge is 0.270 e. The van der Waals surface area contributed by atoms with Crippen molar-refractivity contribution < 1.29 is 59.1 Å². The number of unbranched alkanes of at least 4 members (excludes halogenated alkanes) is 1. The number of nitrogens with one attached hydrogen (secondary N) is 1. The molecule has 16 aliphatic rings. The van der Waals surface area contributed by atoms with Gasteiger partial charge in [-0.05, 0) is 223 Å². The molecule has 31 heteroatoms. The summed E-state index contributed by atoms with van der Waals surface area (Å²) in [7, 11) is 0. The number of fused-ring (bicyclic) bond motifs is 7. The van der Waals surface area contributed by atoms with E-state index >= 15 is 0 Å². The number of H-pyrrole nitrogens is 1. The third-order valence-electron chi connectivity index (χ3n) is 26.0. The summed E-state index contributed by atoms with van der Waals surface area (Å²) in [6, 6.07) is 12.0. The maximum Gasteiger partial charge on any atom is 0.270 e. The molecule has 12 heterocycles. The van der Waals surface area contributed by atoms with Crippen LogP contribution in [0.4, 0.5) is 0 Å². The molecular weight excluding hydrogens is 1830 g/mol. The van der Waals surface area contributed by atoms with Crippen molar-refractivity contribution in [3.63, 3.8) is 0 Å². The van der Waals surface area contributed by atoms with Crippen LogP contribution < -0.4 is 91.8 Å². The van der Waals surface area contributed by atoms with E-state index in [0.29, 0.717) is 198 Å². The molecule has 18 rings (SSSR count). The Bertz CT molecular complexity index is 9520. The van der Waals surface area contributed by atoms with Crippen LogP contribution in [-0.2, 0) is 63.2 Å². The number of aryl methyl sites for hydroxylation is 7. The van der Waals surface area contributed by atoms with Gasteiger partial charge < -0.3 is 57.9 Å². The van der Waals surface area contributed by atoms with Crippen molar-refractivity contribution in [1.29, 1.82) is 0 Å². The number of carbonyl (C=O) groups excluding carboxylic acids is 7. The molecule has 0 aromatic carbocycles. The van der Waals surface area contributed by atoms with E-state index in [0.717, 1.165) is 47.1 Å². The van der Waals surface area contributed by atoms with Gasteiger partial charge in [0.1, 0.15) is 93.7 Å². The fourth-order valence-electron chi connectivity index (χ4n) is 19.7. The summed E-state index contributed by atoms with van der Waals surface area (Å²) >= 11 is 0. The maximum atomic E-state index is 13.2. The van der Waals surface area contributed by atoms with Gasteiger partial charge in [-0.2, -0.15) is 0 Å². The molecule has 0 atom stereocenters. The zero-order chi connectivity index (χ0) is 106. The van der Waals surface area contributed by atoms with Crippen LogP contribution >= 0.6 is 0 Å². The van der Waals surface area contributed by atoms with Crippen LogP contribution in [0.25, 0.3) is 60.8 Å². The highest BCUT2D eigenvalue weighted by Crippen LogP contribution is 2.34. The van der Waals surface area contributed by atoms with Gasteiger partial charge in [0.05, 0.1) is 38.9 Å². The second-order valence-electron chi connectivity index (χ2n) is 40.2. The van der Waals surface area contributed by atoms with Crippen molar-refractivity contribution in [2.45, 2.75) is 224 Å². The number of hydrogen-bond donors (Lipinski definition) is 6. The van der Waals surface area contributed by atoms with Crippen molar-refractivity contribution >= 4 is 102 Å². The van der Waals surface area contributed by atoms with E-state index in [1.54, 1.807) is 57.6 Å². The predicted molar refractivity (Wildman–Crippen MR) is 550 cm³/mol. The predicted octanol–water partition coefficient (Wildman–Crippen LogP) is 8.10. The minimum atomic E-state index is -0.481. The van der Waals surface area contributed by atoms with Crippen molar-refractivity contribution in [1.82, 2.24) is 32.4 Å². The molecule has 2 aromatic rings. The van der Waals surface area contributed by atoms with Gasteiger partial charge in [-0.3, -0.25) is 67.1 Å². The first-order valence-electron chi connectivity index (χ1n) is 47.4. The van der Waals surface area contributed by atoms with E-state index in [4.69, 9.17) is 0 Å². The molecule has 6 aliphatic carbocycles. The molecule has 10 aliphatic heterocycles. The van der Waals surface area contributed by atoms with Crippen molar-refractivity contribution in [3.05, 3.63) is 340 Å². The van der Waals surface area contributed by atoms with E-state index in [-0.39, 0.29) is 127 Å². The second kappa shape index (κ2) is 39.7. The number of nitrogens with zero attached hydrogens (tertiary/aromatic N) is 11. The van der Waals surface area contributed by atoms with Crippen LogP contribution in [-0.4, -0.2) is 99.0 Å². The quantitative estimate of drug-likeness (QED) is 0.0712. The Hall–Kier alpha value is -16.2. The summed E-state index contributed by atoms with van der Waals surface area (Å²) < 4.78 is 10.3. The first-order valence-corrected chi connectivity index (χ1v) is 47.4. The number of carbonyl (C=O) groups is 7. The number of hydrogen-bond acceptors (Lipinski definition) is 19. The molecule has 0 spiro atoms. The van der Waals surface area contributed by atoms with Crippen molar-refractivity contribution in [3.8, 4) is 28.7 Å². The van der Waals surface area contributed by atoms with Crippen LogP contribution in [0.15, 0.2) is 131 Å². The number of allylic oxidation sites excluding steroid dienone is 5. The highest BCUT2D eigenvalue weighted by Gasteiger charge is 2.37. The number of ketones is 2. The Labute approximate surface area is 823 Å². The lowest BCUT2D eigenvalue weighted by Gasteiger charge is -2.23. The summed E-state index contributed by atoms with van der Waals surface area (Å²) in [6.45, 7) is 66.9. The molecule has 5 amide bonds. The van der Waals surface area contributed by atoms with Gasteiger partial charge in [0.15, 0.2) is 5.78 Å². The van der Waals surface area contributed by atoms with E-state index in [1.165, 1.54) is 47.1 Å². The zero-order valence-corrected chi connectivity index (χ0v) is 85.5. The lowest BCUT2D eigenvalue weighted by molar-refractivity contribution is -0.114. The van der Waals surface area contributed by atoms with E-state index in [1.807, 2.05) is 113 Å². The van der Waals surface area contributed by atoms with Gasteiger partial charge in [0.25, 0.3) is 35.1 Å². The number of aromatic hydroxyl groups is 5. The Kier molecular flexibility index (Phi) is 29.0. The minimum Gasteiger partial charge on any atom is -0.507 e. The van der Waals surface area contributed by atoms with Crippen LogP contribution in [0.2, 0.25) is 0 Å². The molecule has 6 N–H and O–H groups in total. The Balaban J connectivity index is 0.000000145. The van der Waals surface area contributed by atoms with Gasteiger partial charge in [-0.25, -0.2) is 25.0 Å². The molecule has 2 aromatic heterocycles. The monoisotopic (exact) mass is 1950 g/mol. The topological polar surface area (TPSA) is 447 Å². The largest absolute Gasteiger partial charge is 0.507 e. The van der Waals surface area contributed by atoms with Crippen molar-refractivity contribution in [2.24, 2.45) is 41.7 Å². The summed E-state index contributed by atoms with van der Waals surface area (Å²) in [4.78, 5) is 196. The van der Waals surface area contributed by atoms with Gasteiger partial charge in [0, 0.05) is 135 Å². The molecule has 0 saturated heterocycles. The van der Waals surface area contributed by atoms with Crippen LogP contribution in [0.5, 0.6) is 28.7 Å². The summed E-state index contributed by atoms with van der Waals surface area (Å²) in [6.07, 6.45) is 9.89. The third-order valence-corrected chi connectivity index (χ3v) is 26.0. The number of amides is 5. The molecule has 0 unspecified atom stereocenters. The molecule has 0 radical (unpaired) electrons. The fraction of sp³-hybridized carbons (Fsp3) is 0.319. The van der Waals surface area contributed by atoms with E-state index < -0.39 is 40.9 Å². The van der Waals surface area contributed by atoms with E-state index in [2.05, 4.69) is 104 Å². The highest BCUT2D eigenvalue weighted by molar-refractivity contribution is 6.28. The van der Waals surface area contributed by atoms with Crippen LogP contribution in [0.3, 0.4) is 0 Å². The summed E-state index contributed by atoms with van der Waals surface area (Å²) in [5.41, 5.74) is 7.39. The van der Waals surface area contributed by atoms with Gasteiger partial charge in [-0.1, -0.05) is 109 Å². The third kappa shape index (κ3) is 19.2. The first kappa shape index (κ1) is 105. The second-order valence-corrected chi connectivity index (χ2v) is 40.2. The molecule has 0 fully saturated rings. The zero-order valence-electron chi connectivity index (χ0n) is 85.5. The fourth-order valence-corrected chi connectivity index (χ4v) is 19.7. The first-order chi connectivity index (χ1) is 67.3. The van der Waals surface area contributed by atoms with Crippen LogP contribution in [0.1, 0.15) is 235 Å². The highest BCUT2D eigenvalue weighted by atomic mass is 16.3. The Morgan fingerprint density at radius 1 is 0.333 bits per heavy atom. The number of aromatic nitrogens is 7. The molecule has 0 bridgehead atoms. The normalized spacial score (nSPS) is 13.8. The van der Waals surface area contributed by atoms with E-state index in [9.17, 15) is 92.7 Å². The Morgan fingerprint density at radius 2 is 0.632 bits per heavy atom. The van der Waals surface area contributed by atoms with Gasteiger partial charge in [-0.15, -0.1) is 0 Å². The number of aromatic amines is 1. The molecule has 31 nitrogen and oxygen atoms in total. The van der Waals surface area contributed by atoms with Crippen LogP contribution in [0, 0.1) is 118 Å². The summed E-state index contributed by atoms with van der Waals surface area (Å²) in [5, 5.41) is 61.9. The van der Waals surface area contributed by atoms with Crippen molar-refractivity contribution in [2.75, 3.05) is 0 Å². The van der Waals surface area contributed by atoms with Gasteiger partial charge in [0.2, 0.25) is 38.5 Å². The molecule has 744 valence electrons. The minimum absolute atomic E-state index is 0.000365. The molecule has 144 heavy (non-hydrogen) atoms. The average Bonchev–Trinajstić information content (AvgIpc) is 0.749. The SMILES string of the molecule is C=c1cc(C)c2c(O)c3c(c(=O)c=2n1CC(C)(C)C)=NC(=O)C=C3C.C=c1cc(C)c2c(O)c3c(c(=O)c=2n1CC(C)C)=NC(=O)C=C3C.C=c1cc(C)c2c(O)c3c(c(=O)c=2n1CC)=NC(=O)C=C3C.C=c1cc(C)c2c(O)c3c(c(=O)c=2n1CCC(C)(C)C)=NC(=O)C=C3C.C=c1cc(C)c2c(O)c3c(c(=O)c=2n1CCC)=NC(=O)C=C3C.CCCCn1c2c(c(C)cc1=O)C(=O)c1c(C)cc(=O)[nH]c1C2=O. The maximum absolute atomic E-state index is 13.2.